The SMILES string of the molecule is Cc1ccoc1C(=O)NC1CCCCCCC1C(=O)O. The van der Waals surface area contributed by atoms with E-state index in [1.165, 1.54) is 6.26 Å². The van der Waals surface area contributed by atoms with E-state index in [1.54, 1.807) is 13.0 Å². The average molecular weight is 279 g/mol. The molecule has 1 amide bonds. The first-order valence-corrected chi connectivity index (χ1v) is 7.17. The van der Waals surface area contributed by atoms with Crippen LogP contribution < -0.4 is 5.32 Å². The van der Waals surface area contributed by atoms with Crippen LogP contribution in [0.3, 0.4) is 0 Å². The van der Waals surface area contributed by atoms with Gasteiger partial charge in [0.15, 0.2) is 5.76 Å². The summed E-state index contributed by atoms with van der Waals surface area (Å²) < 4.78 is 5.16. The van der Waals surface area contributed by atoms with E-state index >= 15 is 0 Å². The number of carbonyl (C=O) groups is 2. The second kappa shape index (κ2) is 6.59. The van der Waals surface area contributed by atoms with Crippen LogP contribution in [0.5, 0.6) is 0 Å². The molecule has 1 aliphatic carbocycles. The molecule has 1 heterocycles. The highest BCUT2D eigenvalue weighted by Gasteiger charge is 2.30. The van der Waals surface area contributed by atoms with Crippen LogP contribution in [0, 0.1) is 12.8 Å². The standard InChI is InChI=1S/C15H21NO4/c1-10-8-9-20-13(10)14(17)16-12-7-5-3-2-4-6-11(12)15(18)19/h8-9,11-12H,2-7H2,1H3,(H,16,17)(H,18,19). The van der Waals surface area contributed by atoms with Crippen LogP contribution in [-0.4, -0.2) is 23.0 Å². The number of rotatable bonds is 3. The molecule has 0 radical (unpaired) electrons. The van der Waals surface area contributed by atoms with Crippen LogP contribution in [0.2, 0.25) is 0 Å². The number of amides is 1. The van der Waals surface area contributed by atoms with Crippen molar-refractivity contribution in [2.24, 2.45) is 5.92 Å². The maximum absolute atomic E-state index is 12.2. The fourth-order valence-electron chi connectivity index (χ4n) is 2.79. The molecule has 1 aliphatic rings. The predicted molar refractivity (Wildman–Crippen MR) is 73.5 cm³/mol. The number of furan rings is 1. The van der Waals surface area contributed by atoms with Gasteiger partial charge in [-0.1, -0.05) is 25.7 Å². The fraction of sp³-hybridized carbons (Fsp3) is 0.600. The monoisotopic (exact) mass is 279 g/mol. The summed E-state index contributed by atoms with van der Waals surface area (Å²) in [6, 6.07) is 1.41. The maximum Gasteiger partial charge on any atom is 0.308 e. The number of carboxylic acid groups (broad SMARTS) is 1. The van der Waals surface area contributed by atoms with Crippen LogP contribution in [0.25, 0.3) is 0 Å². The topological polar surface area (TPSA) is 79.5 Å². The van der Waals surface area contributed by atoms with Crippen LogP contribution in [-0.2, 0) is 4.79 Å². The van der Waals surface area contributed by atoms with Gasteiger partial charge in [0.25, 0.3) is 5.91 Å². The van der Waals surface area contributed by atoms with Gasteiger partial charge in [0.1, 0.15) is 0 Å². The van der Waals surface area contributed by atoms with Gasteiger partial charge in [0.05, 0.1) is 12.2 Å². The maximum atomic E-state index is 12.2. The van der Waals surface area contributed by atoms with Crippen molar-refractivity contribution < 1.29 is 19.1 Å². The smallest absolute Gasteiger partial charge is 0.308 e. The molecule has 5 nitrogen and oxygen atoms in total. The Balaban J connectivity index is 2.08. The molecule has 1 aromatic rings. The van der Waals surface area contributed by atoms with Gasteiger partial charge in [0, 0.05) is 11.6 Å². The van der Waals surface area contributed by atoms with E-state index < -0.39 is 11.9 Å². The number of hydrogen-bond donors (Lipinski definition) is 2. The Bertz CT molecular complexity index is 480. The minimum Gasteiger partial charge on any atom is -0.481 e. The number of aliphatic carboxylic acids is 1. The van der Waals surface area contributed by atoms with Crippen LogP contribution in [0.15, 0.2) is 16.7 Å². The Hall–Kier alpha value is -1.78. The third kappa shape index (κ3) is 3.40. The first-order chi connectivity index (χ1) is 9.59. The van der Waals surface area contributed by atoms with Gasteiger partial charge < -0.3 is 14.8 Å². The summed E-state index contributed by atoms with van der Waals surface area (Å²) in [5, 5.41) is 12.2. The molecule has 1 fully saturated rings. The molecule has 2 rings (SSSR count). The second-order valence-electron chi connectivity index (χ2n) is 5.45. The number of nitrogens with one attached hydrogen (secondary N) is 1. The third-order valence-electron chi connectivity index (χ3n) is 3.97. The van der Waals surface area contributed by atoms with Crippen molar-refractivity contribution in [2.75, 3.05) is 0 Å². The molecule has 0 aromatic carbocycles. The number of aryl methyl sites for hydroxylation is 1. The lowest BCUT2D eigenvalue weighted by Crippen LogP contribution is -2.44. The Morgan fingerprint density at radius 2 is 1.95 bits per heavy atom. The average Bonchev–Trinajstić information content (AvgIpc) is 2.78. The van der Waals surface area contributed by atoms with Gasteiger partial charge in [-0.2, -0.15) is 0 Å². The van der Waals surface area contributed by atoms with Crippen molar-refractivity contribution in [3.05, 3.63) is 23.7 Å². The molecule has 20 heavy (non-hydrogen) atoms. The molecule has 5 heteroatoms. The zero-order chi connectivity index (χ0) is 14.5. The highest BCUT2D eigenvalue weighted by Crippen LogP contribution is 2.24. The van der Waals surface area contributed by atoms with E-state index in [9.17, 15) is 14.7 Å². The van der Waals surface area contributed by atoms with Gasteiger partial charge in [-0.05, 0) is 25.8 Å². The van der Waals surface area contributed by atoms with Crippen LogP contribution >= 0.6 is 0 Å². The molecule has 0 bridgehead atoms. The van der Waals surface area contributed by atoms with Crippen molar-refractivity contribution in [3.8, 4) is 0 Å². The highest BCUT2D eigenvalue weighted by atomic mass is 16.4. The Kier molecular flexibility index (Phi) is 4.82. The first kappa shape index (κ1) is 14.6. The lowest BCUT2D eigenvalue weighted by molar-refractivity contribution is -0.143. The van der Waals surface area contributed by atoms with Gasteiger partial charge in [-0.25, -0.2) is 0 Å². The zero-order valence-corrected chi connectivity index (χ0v) is 11.7. The van der Waals surface area contributed by atoms with Gasteiger partial charge in [0.2, 0.25) is 0 Å². The quantitative estimate of drug-likeness (QED) is 0.891. The van der Waals surface area contributed by atoms with Crippen LogP contribution in [0.1, 0.15) is 54.6 Å². The summed E-state index contributed by atoms with van der Waals surface area (Å²) in [6.45, 7) is 1.80. The van der Waals surface area contributed by atoms with E-state index in [0.29, 0.717) is 12.8 Å². The van der Waals surface area contributed by atoms with E-state index in [0.717, 1.165) is 31.2 Å². The minimum absolute atomic E-state index is 0.274. The van der Waals surface area contributed by atoms with E-state index in [4.69, 9.17) is 4.42 Å². The fourth-order valence-corrected chi connectivity index (χ4v) is 2.79. The Morgan fingerprint density at radius 3 is 2.55 bits per heavy atom. The highest BCUT2D eigenvalue weighted by molar-refractivity contribution is 5.93. The van der Waals surface area contributed by atoms with E-state index in [2.05, 4.69) is 5.32 Å². The zero-order valence-electron chi connectivity index (χ0n) is 11.7. The summed E-state index contributed by atoms with van der Waals surface area (Å²) in [5.41, 5.74) is 0.764. The number of carbonyl (C=O) groups excluding carboxylic acids is 1. The van der Waals surface area contributed by atoms with E-state index in [1.807, 2.05) is 0 Å². The lowest BCUT2D eigenvalue weighted by atomic mass is 9.86. The molecule has 1 saturated carbocycles. The summed E-state index contributed by atoms with van der Waals surface area (Å²) in [7, 11) is 0. The van der Waals surface area contributed by atoms with E-state index in [-0.39, 0.29) is 17.7 Å². The summed E-state index contributed by atoms with van der Waals surface area (Å²) in [5.74, 6) is -1.37. The molecular formula is C15H21NO4. The number of carboxylic acids is 1. The predicted octanol–water partition coefficient (Wildman–Crippen LogP) is 2.74. The molecule has 2 unspecified atom stereocenters. The molecule has 110 valence electrons. The first-order valence-electron chi connectivity index (χ1n) is 7.17. The summed E-state index contributed by atoms with van der Waals surface area (Å²) in [6.07, 6.45) is 6.83. The van der Waals surface area contributed by atoms with Gasteiger partial charge in [-0.3, -0.25) is 9.59 Å². The van der Waals surface area contributed by atoms with Crippen molar-refractivity contribution >= 4 is 11.9 Å². The molecule has 1 aromatic heterocycles. The third-order valence-corrected chi connectivity index (χ3v) is 3.97. The molecule has 0 spiro atoms. The number of hydrogen-bond acceptors (Lipinski definition) is 3. The molecule has 0 aliphatic heterocycles. The van der Waals surface area contributed by atoms with Crippen molar-refractivity contribution in [2.45, 2.75) is 51.5 Å². The molecular weight excluding hydrogens is 258 g/mol. The summed E-state index contributed by atoms with van der Waals surface area (Å²) in [4.78, 5) is 23.6. The molecule has 2 N–H and O–H groups in total. The lowest BCUT2D eigenvalue weighted by Gasteiger charge is -2.27. The van der Waals surface area contributed by atoms with Gasteiger partial charge in [-0.15, -0.1) is 0 Å². The van der Waals surface area contributed by atoms with Crippen molar-refractivity contribution in [3.63, 3.8) is 0 Å². The van der Waals surface area contributed by atoms with Gasteiger partial charge >= 0.3 is 5.97 Å². The Labute approximate surface area is 118 Å². The largest absolute Gasteiger partial charge is 0.481 e. The van der Waals surface area contributed by atoms with Crippen molar-refractivity contribution in [1.29, 1.82) is 0 Å². The summed E-state index contributed by atoms with van der Waals surface area (Å²) >= 11 is 0. The van der Waals surface area contributed by atoms with Crippen molar-refractivity contribution in [1.82, 2.24) is 5.32 Å². The normalized spacial score (nSPS) is 23.6. The Morgan fingerprint density at radius 1 is 1.25 bits per heavy atom. The molecule has 0 saturated heterocycles. The minimum atomic E-state index is -0.826. The van der Waals surface area contributed by atoms with Crippen LogP contribution in [0.4, 0.5) is 0 Å². The second-order valence-corrected chi connectivity index (χ2v) is 5.45. The molecule has 2 atom stereocenters.